The zero-order valence-corrected chi connectivity index (χ0v) is 9.71. The van der Waals surface area contributed by atoms with Gasteiger partial charge in [-0.3, -0.25) is 4.79 Å². The lowest BCUT2D eigenvalue weighted by Crippen LogP contribution is -2.36. The molecule has 0 aliphatic carbocycles. The number of carbonyl (C=O) groups is 2. The first kappa shape index (κ1) is 13.9. The Kier molecular flexibility index (Phi) is 5.97. The summed E-state index contributed by atoms with van der Waals surface area (Å²) in [5, 5.41) is 8.43. The number of carbonyl (C=O) groups excluding carboxylic acids is 1. The highest BCUT2D eigenvalue weighted by molar-refractivity contribution is 5.87. The largest absolute Gasteiger partial charge is 0.506 e. The second-order valence-corrected chi connectivity index (χ2v) is 4.11. The fraction of sp³-hybridized carbons (Fsp3) is 0.818. The van der Waals surface area contributed by atoms with Gasteiger partial charge in [0, 0.05) is 6.42 Å². The summed E-state index contributed by atoms with van der Waals surface area (Å²) < 4.78 is 4.52. The van der Waals surface area contributed by atoms with Crippen LogP contribution in [0.25, 0.3) is 0 Å². The van der Waals surface area contributed by atoms with Crippen molar-refractivity contribution in [2.24, 2.45) is 0 Å². The maximum absolute atomic E-state index is 11.6. The first-order valence-corrected chi connectivity index (χ1v) is 5.35. The van der Waals surface area contributed by atoms with Gasteiger partial charge in [0.15, 0.2) is 11.4 Å². The molecule has 0 saturated heterocycles. The summed E-state index contributed by atoms with van der Waals surface area (Å²) in [4.78, 5) is 21.9. The van der Waals surface area contributed by atoms with E-state index in [1.807, 2.05) is 0 Å². The first-order chi connectivity index (χ1) is 6.90. The molecule has 0 aromatic rings. The van der Waals surface area contributed by atoms with E-state index in [9.17, 15) is 9.59 Å². The summed E-state index contributed by atoms with van der Waals surface area (Å²) in [6.45, 7) is 5.08. The summed E-state index contributed by atoms with van der Waals surface area (Å²) in [5.74, 6) is -0.152. The second kappa shape index (κ2) is 6.43. The lowest BCUT2D eigenvalue weighted by Gasteiger charge is -2.21. The Hall–Kier alpha value is -1.06. The van der Waals surface area contributed by atoms with E-state index in [0.29, 0.717) is 6.42 Å². The standard InChI is InChI=1S/C11H20O4/c1-4-5-6-7-8-9(12)11(2,3)15-10(13)14/h4-8H2,1-3H3,(H,13,14). The quantitative estimate of drug-likeness (QED) is 0.525. The zero-order chi connectivity index (χ0) is 11.9. The Morgan fingerprint density at radius 2 is 1.80 bits per heavy atom. The maximum Gasteiger partial charge on any atom is 0.506 e. The summed E-state index contributed by atoms with van der Waals surface area (Å²) in [5.41, 5.74) is -1.21. The third-order valence-electron chi connectivity index (χ3n) is 2.27. The van der Waals surface area contributed by atoms with Gasteiger partial charge in [-0.1, -0.05) is 26.2 Å². The van der Waals surface area contributed by atoms with Crippen LogP contribution in [0.5, 0.6) is 0 Å². The van der Waals surface area contributed by atoms with Crippen LogP contribution in [0, 0.1) is 0 Å². The van der Waals surface area contributed by atoms with Crippen LogP contribution in [-0.2, 0) is 9.53 Å². The van der Waals surface area contributed by atoms with Crippen molar-refractivity contribution in [3.8, 4) is 0 Å². The zero-order valence-electron chi connectivity index (χ0n) is 9.71. The van der Waals surface area contributed by atoms with Gasteiger partial charge in [0.25, 0.3) is 0 Å². The molecule has 0 radical (unpaired) electrons. The molecule has 0 bridgehead atoms. The Labute approximate surface area is 90.6 Å². The fourth-order valence-electron chi connectivity index (χ4n) is 1.29. The van der Waals surface area contributed by atoms with Crippen LogP contribution in [0.15, 0.2) is 0 Å². The minimum atomic E-state index is -1.40. The molecule has 0 aromatic carbocycles. The molecule has 1 N–H and O–H groups in total. The number of ketones is 1. The highest BCUT2D eigenvalue weighted by Gasteiger charge is 2.30. The van der Waals surface area contributed by atoms with Gasteiger partial charge in [-0.05, 0) is 20.3 Å². The monoisotopic (exact) mass is 216 g/mol. The van der Waals surface area contributed by atoms with E-state index >= 15 is 0 Å². The van der Waals surface area contributed by atoms with Crippen molar-refractivity contribution in [2.45, 2.75) is 58.5 Å². The van der Waals surface area contributed by atoms with Gasteiger partial charge in [-0.15, -0.1) is 0 Å². The van der Waals surface area contributed by atoms with E-state index in [4.69, 9.17) is 5.11 Å². The molecule has 0 heterocycles. The molecule has 0 unspecified atom stereocenters. The fourth-order valence-corrected chi connectivity index (χ4v) is 1.29. The molecule has 0 aliphatic heterocycles. The lowest BCUT2D eigenvalue weighted by molar-refractivity contribution is -0.136. The molecule has 15 heavy (non-hydrogen) atoms. The van der Waals surface area contributed by atoms with E-state index < -0.39 is 11.8 Å². The second-order valence-electron chi connectivity index (χ2n) is 4.11. The van der Waals surface area contributed by atoms with E-state index in [-0.39, 0.29) is 5.78 Å². The average molecular weight is 216 g/mol. The Morgan fingerprint density at radius 1 is 1.20 bits per heavy atom. The van der Waals surface area contributed by atoms with Gasteiger partial charge in [-0.2, -0.15) is 0 Å². The number of hydrogen-bond donors (Lipinski definition) is 1. The molecular formula is C11H20O4. The predicted molar refractivity (Wildman–Crippen MR) is 57.0 cm³/mol. The van der Waals surface area contributed by atoms with E-state index in [0.717, 1.165) is 25.7 Å². The van der Waals surface area contributed by atoms with E-state index in [2.05, 4.69) is 11.7 Å². The summed E-state index contributed by atoms with van der Waals surface area (Å²) in [6.07, 6.45) is 3.02. The van der Waals surface area contributed by atoms with E-state index in [1.54, 1.807) is 0 Å². The number of carboxylic acid groups (broad SMARTS) is 1. The van der Waals surface area contributed by atoms with Crippen molar-refractivity contribution in [2.75, 3.05) is 0 Å². The Bertz CT molecular complexity index is 221. The number of ether oxygens (including phenoxy) is 1. The molecule has 0 amide bonds. The number of rotatable bonds is 7. The third kappa shape index (κ3) is 6.10. The van der Waals surface area contributed by atoms with Crippen LogP contribution in [-0.4, -0.2) is 22.6 Å². The molecule has 0 aliphatic rings. The van der Waals surface area contributed by atoms with Crippen molar-refractivity contribution in [3.05, 3.63) is 0 Å². The third-order valence-corrected chi connectivity index (χ3v) is 2.27. The van der Waals surface area contributed by atoms with Crippen molar-refractivity contribution < 1.29 is 19.4 Å². The van der Waals surface area contributed by atoms with Crippen LogP contribution in [0.3, 0.4) is 0 Å². The topological polar surface area (TPSA) is 63.6 Å². The minimum Gasteiger partial charge on any atom is -0.450 e. The Morgan fingerprint density at radius 3 is 2.27 bits per heavy atom. The number of Topliss-reactive ketones (excluding diaryl/α,β-unsaturated/α-hetero) is 1. The van der Waals surface area contributed by atoms with Gasteiger partial charge in [-0.25, -0.2) is 4.79 Å². The molecular weight excluding hydrogens is 196 g/mol. The van der Waals surface area contributed by atoms with Gasteiger partial charge in [0.05, 0.1) is 0 Å². The molecule has 88 valence electrons. The molecule has 0 rings (SSSR count). The molecule has 0 spiro atoms. The Balaban J connectivity index is 3.91. The molecule has 0 saturated carbocycles. The van der Waals surface area contributed by atoms with Crippen molar-refractivity contribution >= 4 is 11.9 Å². The minimum absolute atomic E-state index is 0.152. The van der Waals surface area contributed by atoms with Gasteiger partial charge in [0.1, 0.15) is 0 Å². The number of unbranched alkanes of at least 4 members (excludes halogenated alkanes) is 3. The van der Waals surface area contributed by atoms with Gasteiger partial charge >= 0.3 is 6.16 Å². The van der Waals surface area contributed by atoms with Crippen molar-refractivity contribution in [1.82, 2.24) is 0 Å². The highest BCUT2D eigenvalue weighted by Crippen LogP contribution is 2.15. The molecule has 4 nitrogen and oxygen atoms in total. The average Bonchev–Trinajstić information content (AvgIpc) is 2.10. The van der Waals surface area contributed by atoms with Crippen LogP contribution in [0.4, 0.5) is 4.79 Å². The predicted octanol–water partition coefficient (Wildman–Crippen LogP) is 3.00. The highest BCUT2D eigenvalue weighted by atomic mass is 16.7. The van der Waals surface area contributed by atoms with E-state index in [1.165, 1.54) is 13.8 Å². The molecule has 0 aromatic heterocycles. The smallest absolute Gasteiger partial charge is 0.450 e. The first-order valence-electron chi connectivity index (χ1n) is 5.35. The maximum atomic E-state index is 11.6. The van der Waals surface area contributed by atoms with Crippen molar-refractivity contribution in [1.29, 1.82) is 0 Å². The van der Waals surface area contributed by atoms with Crippen LogP contribution < -0.4 is 0 Å². The number of hydrogen-bond acceptors (Lipinski definition) is 3. The lowest BCUT2D eigenvalue weighted by atomic mass is 9.98. The molecule has 0 atom stereocenters. The SMILES string of the molecule is CCCCCCC(=O)C(C)(C)OC(=O)O. The van der Waals surface area contributed by atoms with Crippen LogP contribution in [0.1, 0.15) is 52.9 Å². The molecule has 0 fully saturated rings. The molecule has 4 heteroatoms. The van der Waals surface area contributed by atoms with Crippen LogP contribution in [0.2, 0.25) is 0 Å². The summed E-state index contributed by atoms with van der Waals surface area (Å²) in [6, 6.07) is 0. The van der Waals surface area contributed by atoms with Crippen molar-refractivity contribution in [3.63, 3.8) is 0 Å². The normalized spacial score (nSPS) is 11.1. The van der Waals surface area contributed by atoms with Gasteiger partial charge < -0.3 is 9.84 Å². The summed E-state index contributed by atoms with van der Waals surface area (Å²) >= 11 is 0. The van der Waals surface area contributed by atoms with Crippen LogP contribution >= 0.6 is 0 Å². The van der Waals surface area contributed by atoms with Gasteiger partial charge in [0.2, 0.25) is 0 Å². The summed E-state index contributed by atoms with van der Waals surface area (Å²) in [7, 11) is 0.